The van der Waals surface area contributed by atoms with Gasteiger partial charge in [-0.1, -0.05) is 66.5 Å². The van der Waals surface area contributed by atoms with Gasteiger partial charge in [-0.2, -0.15) is 12.1 Å². The van der Waals surface area contributed by atoms with E-state index in [9.17, 15) is 0 Å². The zero-order chi connectivity index (χ0) is 22.7. The van der Waals surface area contributed by atoms with E-state index in [-0.39, 0.29) is 50.5 Å². The van der Waals surface area contributed by atoms with E-state index in [0.29, 0.717) is 0 Å². The van der Waals surface area contributed by atoms with Crippen LogP contribution in [0.3, 0.4) is 0 Å². The van der Waals surface area contributed by atoms with Gasteiger partial charge >= 0.3 is 30.2 Å². The van der Waals surface area contributed by atoms with Gasteiger partial charge in [-0.15, -0.1) is 106 Å². The summed E-state index contributed by atoms with van der Waals surface area (Å²) in [5.74, 6) is 0. The topological polar surface area (TPSA) is 0 Å². The molecule has 0 spiro atoms. The third kappa shape index (κ3) is 10.1. The molecular formula is C30H42Cl2SiZr-4. The fourth-order valence-corrected chi connectivity index (χ4v) is 3.66. The monoisotopic (exact) mass is 590 g/mol. The van der Waals surface area contributed by atoms with Crippen LogP contribution in [0.2, 0.25) is 0 Å². The van der Waals surface area contributed by atoms with E-state index in [1.165, 1.54) is 67.1 Å². The molecule has 0 atom stereocenters. The molecule has 2 radical (unpaired) electrons. The van der Waals surface area contributed by atoms with Crippen molar-refractivity contribution in [3.8, 4) is 0 Å². The Hall–Kier alpha value is -0.660. The van der Waals surface area contributed by atoms with E-state index >= 15 is 0 Å². The first-order valence-electron chi connectivity index (χ1n) is 10.5. The molecule has 0 aliphatic carbocycles. The van der Waals surface area contributed by atoms with Crippen LogP contribution in [-0.4, -0.2) is 6.88 Å². The molecule has 0 bridgehead atoms. The quantitative estimate of drug-likeness (QED) is 0.141. The number of hydrogen-bond donors (Lipinski definition) is 0. The van der Waals surface area contributed by atoms with Crippen LogP contribution < -0.4 is 0 Å². The minimum absolute atomic E-state index is 0. The molecule has 4 heteroatoms. The zero-order valence-electron chi connectivity index (χ0n) is 22.6. The summed E-state index contributed by atoms with van der Waals surface area (Å²) in [6.45, 7) is 20.9. The maximum absolute atomic E-state index is 3.06. The molecule has 0 aromatic heterocycles. The minimum atomic E-state index is 0. The Morgan fingerprint density at radius 2 is 0.882 bits per heavy atom. The molecule has 188 valence electrons. The summed E-state index contributed by atoms with van der Waals surface area (Å²) in [7, 11) is 0. The van der Waals surface area contributed by atoms with Crippen LogP contribution in [0.1, 0.15) is 63.8 Å². The number of benzene rings is 2. The second-order valence-corrected chi connectivity index (χ2v) is 10.3. The van der Waals surface area contributed by atoms with Gasteiger partial charge in [-0.05, 0) is 10.8 Å². The summed E-state index contributed by atoms with van der Waals surface area (Å²) in [5, 5.41) is 5.45. The Labute approximate surface area is 239 Å². The Bertz CT molecular complexity index is 1030. The zero-order valence-corrected chi connectivity index (χ0v) is 27.7. The second-order valence-electron chi connectivity index (χ2n) is 10.3. The molecule has 0 aliphatic rings. The molecule has 0 amide bonds. The molecule has 4 rings (SSSR count). The van der Waals surface area contributed by atoms with Gasteiger partial charge < -0.3 is 14.9 Å². The van der Waals surface area contributed by atoms with Crippen LogP contribution in [0.15, 0.2) is 60.7 Å². The number of hydrogen-bond acceptors (Lipinski definition) is 0. The summed E-state index contributed by atoms with van der Waals surface area (Å²) in [5.41, 5.74) is 6.03. The molecule has 0 unspecified atom stereocenters. The Morgan fingerprint density at radius 3 is 1.15 bits per heavy atom. The van der Waals surface area contributed by atoms with Crippen molar-refractivity contribution in [2.45, 2.75) is 66.2 Å². The Balaban J connectivity index is -0.000000475. The number of rotatable bonds is 0. The first-order chi connectivity index (χ1) is 13.9. The normalized spacial score (nSPS) is 10.2. The molecule has 0 nitrogen and oxygen atoms in total. The van der Waals surface area contributed by atoms with Crippen molar-refractivity contribution in [2.75, 3.05) is 0 Å². The molecule has 0 aliphatic heterocycles. The number of aryl methyl sites for hydroxylation is 2. The van der Waals surface area contributed by atoms with Gasteiger partial charge in [0.1, 0.15) is 0 Å². The molecule has 4 aromatic rings. The third-order valence-electron chi connectivity index (χ3n) is 5.44. The van der Waals surface area contributed by atoms with E-state index < -0.39 is 0 Å². The van der Waals surface area contributed by atoms with Gasteiger partial charge in [-0.25, -0.2) is 0 Å². The molecule has 0 fully saturated rings. The summed E-state index contributed by atoms with van der Waals surface area (Å²) in [6.07, 6.45) is 0. The molecule has 0 saturated carbocycles. The van der Waals surface area contributed by atoms with Crippen LogP contribution in [0.25, 0.3) is 21.5 Å². The second kappa shape index (κ2) is 15.5. The SMILES string of the molecule is Cc1cc2cc(C(C)(C)C)ccc2[cH-]1.Cc1cc2cc(C(C)(C)C)ccc2[cH-]1.Cl.Cl.[CH3-].[CH3-].[Si]=[Zr]. The fraction of sp³-hybridized carbons (Fsp3) is 0.333. The van der Waals surface area contributed by atoms with Crippen LogP contribution in [-0.2, 0) is 34.2 Å². The first kappa shape index (κ1) is 37.9. The van der Waals surface area contributed by atoms with Crippen molar-refractivity contribution >= 4 is 53.2 Å². The predicted octanol–water partition coefficient (Wildman–Crippen LogP) is 9.69. The molecule has 34 heavy (non-hydrogen) atoms. The fourth-order valence-electron chi connectivity index (χ4n) is 3.66. The molecular weight excluding hydrogens is 551 g/mol. The van der Waals surface area contributed by atoms with Gasteiger partial charge in [-0.3, -0.25) is 0 Å². The Morgan fingerprint density at radius 1 is 0.588 bits per heavy atom. The number of halogens is 2. The van der Waals surface area contributed by atoms with Crippen molar-refractivity contribution in [1.29, 1.82) is 0 Å². The number of fused-ring (bicyclic) bond motifs is 2. The van der Waals surface area contributed by atoms with Crippen LogP contribution >= 0.6 is 24.8 Å². The van der Waals surface area contributed by atoms with Gasteiger partial charge in [0.25, 0.3) is 0 Å². The van der Waals surface area contributed by atoms with Gasteiger partial charge in [0.05, 0.1) is 0 Å². The van der Waals surface area contributed by atoms with Crippen molar-refractivity contribution in [3.63, 3.8) is 0 Å². The molecule has 4 aromatic carbocycles. The van der Waals surface area contributed by atoms with Gasteiger partial charge in [0.2, 0.25) is 0 Å². The van der Waals surface area contributed by atoms with E-state index in [2.05, 4.69) is 123 Å². The van der Waals surface area contributed by atoms with Crippen LogP contribution in [0, 0.1) is 28.7 Å². The standard InChI is InChI=1S/2C14H17.2CH3.2ClH.Si.Zr/c2*1-10-7-11-5-6-13(14(2,3)4)9-12(11)8-10;;;;;;/h2*5-9H,1-4H3;2*1H3;2*1H;;/q4*-1;;;;. The Kier molecular flexibility index (Phi) is 17.2. The van der Waals surface area contributed by atoms with E-state index in [1.807, 2.05) is 0 Å². The average molecular weight is 593 g/mol. The van der Waals surface area contributed by atoms with Gasteiger partial charge in [0, 0.05) is 0 Å². The van der Waals surface area contributed by atoms with Crippen molar-refractivity contribution in [1.82, 2.24) is 0 Å². The van der Waals surface area contributed by atoms with Crippen molar-refractivity contribution in [2.24, 2.45) is 0 Å². The van der Waals surface area contributed by atoms with Crippen molar-refractivity contribution in [3.05, 3.63) is 97.8 Å². The van der Waals surface area contributed by atoms with Crippen LogP contribution in [0.4, 0.5) is 0 Å². The van der Waals surface area contributed by atoms with E-state index in [4.69, 9.17) is 0 Å². The van der Waals surface area contributed by atoms with Gasteiger partial charge in [0.15, 0.2) is 0 Å². The summed E-state index contributed by atoms with van der Waals surface area (Å²) < 4.78 is 0. The summed E-state index contributed by atoms with van der Waals surface area (Å²) in [4.78, 5) is 0. The van der Waals surface area contributed by atoms with Crippen molar-refractivity contribution < 1.29 is 23.3 Å². The molecule has 0 heterocycles. The van der Waals surface area contributed by atoms with E-state index in [0.717, 1.165) is 0 Å². The first-order valence-corrected chi connectivity index (χ1v) is 14.7. The summed E-state index contributed by atoms with van der Waals surface area (Å²) in [6, 6.07) is 22.5. The third-order valence-corrected chi connectivity index (χ3v) is 5.44. The van der Waals surface area contributed by atoms with Crippen LogP contribution in [0.5, 0.6) is 0 Å². The van der Waals surface area contributed by atoms with E-state index in [1.54, 1.807) is 0 Å². The molecule has 0 saturated heterocycles. The average Bonchev–Trinajstić information content (AvgIpc) is 3.21. The summed E-state index contributed by atoms with van der Waals surface area (Å²) >= 11 is 1.36. The predicted molar refractivity (Wildman–Crippen MR) is 159 cm³/mol. The maximum atomic E-state index is 3.06. The molecule has 0 N–H and O–H groups in total.